The maximum atomic E-state index is 3.72. The first-order chi connectivity index (χ1) is 7.22. The number of hydrogen-bond acceptors (Lipinski definition) is 1. The molecule has 0 aliphatic heterocycles. The quantitative estimate of drug-likeness (QED) is 0.703. The molecule has 0 aromatic carbocycles. The summed E-state index contributed by atoms with van der Waals surface area (Å²) in [5, 5.41) is 3.72. The molecular formula is C14H27N. The van der Waals surface area contributed by atoms with Crippen LogP contribution in [0.5, 0.6) is 0 Å². The Morgan fingerprint density at radius 3 is 2.33 bits per heavy atom. The standard InChI is InChI=1S/C14H27N/c1-3-14(2,11-15-13-8-9-13)10-12-6-4-5-7-12/h12-13,15H,3-11H2,1-2H3. The van der Waals surface area contributed by atoms with Crippen LogP contribution >= 0.6 is 0 Å². The highest BCUT2D eigenvalue weighted by molar-refractivity contribution is 4.87. The van der Waals surface area contributed by atoms with Crippen molar-refractivity contribution in [2.75, 3.05) is 6.54 Å². The molecule has 1 unspecified atom stereocenters. The van der Waals surface area contributed by atoms with E-state index in [1.807, 2.05) is 0 Å². The van der Waals surface area contributed by atoms with Gasteiger partial charge in [-0.1, -0.05) is 39.5 Å². The van der Waals surface area contributed by atoms with Gasteiger partial charge in [0, 0.05) is 12.6 Å². The van der Waals surface area contributed by atoms with Crippen molar-refractivity contribution in [3.63, 3.8) is 0 Å². The van der Waals surface area contributed by atoms with Gasteiger partial charge in [0.05, 0.1) is 0 Å². The molecule has 2 aliphatic rings. The average Bonchev–Trinajstić information content (AvgIpc) is 2.94. The lowest BCUT2D eigenvalue weighted by molar-refractivity contribution is 0.221. The van der Waals surface area contributed by atoms with Crippen molar-refractivity contribution >= 4 is 0 Å². The summed E-state index contributed by atoms with van der Waals surface area (Å²) in [5.41, 5.74) is 0.567. The molecule has 0 amide bonds. The number of hydrogen-bond donors (Lipinski definition) is 1. The van der Waals surface area contributed by atoms with Crippen LogP contribution in [0.1, 0.15) is 65.2 Å². The molecule has 0 aromatic rings. The van der Waals surface area contributed by atoms with Crippen LogP contribution in [0.3, 0.4) is 0 Å². The predicted octanol–water partition coefficient (Wildman–Crippen LogP) is 3.74. The molecule has 0 bridgehead atoms. The highest BCUT2D eigenvalue weighted by Crippen LogP contribution is 2.37. The molecule has 1 heteroatoms. The normalized spacial score (nSPS) is 26.8. The molecule has 2 saturated carbocycles. The van der Waals surface area contributed by atoms with Crippen LogP contribution in [0.25, 0.3) is 0 Å². The molecule has 1 atom stereocenters. The van der Waals surface area contributed by atoms with E-state index in [9.17, 15) is 0 Å². The van der Waals surface area contributed by atoms with E-state index in [2.05, 4.69) is 19.2 Å². The Bertz CT molecular complexity index is 192. The van der Waals surface area contributed by atoms with Gasteiger partial charge in [0.1, 0.15) is 0 Å². The molecule has 2 fully saturated rings. The first kappa shape index (κ1) is 11.4. The number of nitrogens with one attached hydrogen (secondary N) is 1. The monoisotopic (exact) mass is 209 g/mol. The van der Waals surface area contributed by atoms with Gasteiger partial charge in [-0.3, -0.25) is 0 Å². The van der Waals surface area contributed by atoms with Crippen molar-refractivity contribution < 1.29 is 0 Å². The molecule has 2 rings (SSSR count). The third-order valence-electron chi connectivity index (χ3n) is 4.50. The van der Waals surface area contributed by atoms with E-state index in [1.54, 1.807) is 0 Å². The van der Waals surface area contributed by atoms with Crippen LogP contribution in [0, 0.1) is 11.3 Å². The summed E-state index contributed by atoms with van der Waals surface area (Å²) < 4.78 is 0. The first-order valence-corrected chi connectivity index (χ1v) is 6.95. The average molecular weight is 209 g/mol. The van der Waals surface area contributed by atoms with Crippen molar-refractivity contribution in [2.24, 2.45) is 11.3 Å². The van der Waals surface area contributed by atoms with E-state index < -0.39 is 0 Å². The Kier molecular flexibility index (Phi) is 3.71. The van der Waals surface area contributed by atoms with Crippen LogP contribution < -0.4 is 5.32 Å². The van der Waals surface area contributed by atoms with Gasteiger partial charge in [0.25, 0.3) is 0 Å². The van der Waals surface area contributed by atoms with E-state index in [4.69, 9.17) is 0 Å². The predicted molar refractivity (Wildman–Crippen MR) is 66.0 cm³/mol. The van der Waals surface area contributed by atoms with Crippen molar-refractivity contribution in [1.29, 1.82) is 0 Å². The van der Waals surface area contributed by atoms with Crippen molar-refractivity contribution in [3.8, 4) is 0 Å². The summed E-state index contributed by atoms with van der Waals surface area (Å²) in [5.74, 6) is 1.04. The second kappa shape index (κ2) is 4.86. The lowest BCUT2D eigenvalue weighted by Crippen LogP contribution is -2.34. The lowest BCUT2D eigenvalue weighted by atomic mass is 9.78. The van der Waals surface area contributed by atoms with Gasteiger partial charge in [-0.15, -0.1) is 0 Å². The third kappa shape index (κ3) is 3.48. The zero-order valence-corrected chi connectivity index (χ0v) is 10.5. The van der Waals surface area contributed by atoms with Crippen LogP contribution in [0.15, 0.2) is 0 Å². The molecule has 0 heterocycles. The van der Waals surface area contributed by atoms with Gasteiger partial charge in [-0.05, 0) is 37.0 Å². The summed E-state index contributed by atoms with van der Waals surface area (Å²) in [6, 6.07) is 0.874. The SMILES string of the molecule is CCC(C)(CNC1CC1)CC1CCCC1. The van der Waals surface area contributed by atoms with Crippen LogP contribution in [-0.2, 0) is 0 Å². The fraction of sp³-hybridized carbons (Fsp3) is 1.00. The Hall–Kier alpha value is -0.0400. The summed E-state index contributed by atoms with van der Waals surface area (Å²) >= 11 is 0. The van der Waals surface area contributed by atoms with Crippen molar-refractivity contribution in [1.82, 2.24) is 5.32 Å². The highest BCUT2D eigenvalue weighted by atomic mass is 15.0. The summed E-state index contributed by atoms with van der Waals surface area (Å²) in [4.78, 5) is 0. The highest BCUT2D eigenvalue weighted by Gasteiger charge is 2.30. The Labute approximate surface area is 95.0 Å². The Morgan fingerprint density at radius 2 is 1.80 bits per heavy atom. The maximum Gasteiger partial charge on any atom is 0.00684 e. The van der Waals surface area contributed by atoms with Crippen molar-refractivity contribution in [3.05, 3.63) is 0 Å². The van der Waals surface area contributed by atoms with E-state index >= 15 is 0 Å². The van der Waals surface area contributed by atoms with Gasteiger partial charge in [-0.25, -0.2) is 0 Å². The van der Waals surface area contributed by atoms with E-state index in [0.29, 0.717) is 5.41 Å². The molecular weight excluding hydrogens is 182 g/mol. The second-order valence-corrected chi connectivity index (χ2v) is 6.17. The minimum Gasteiger partial charge on any atom is -0.313 e. The first-order valence-electron chi connectivity index (χ1n) is 6.95. The van der Waals surface area contributed by atoms with E-state index in [0.717, 1.165) is 12.0 Å². The fourth-order valence-corrected chi connectivity index (χ4v) is 2.93. The summed E-state index contributed by atoms with van der Waals surface area (Å²) in [6.07, 6.45) is 11.6. The number of rotatable bonds is 6. The molecule has 2 aliphatic carbocycles. The molecule has 0 spiro atoms. The third-order valence-corrected chi connectivity index (χ3v) is 4.50. The largest absolute Gasteiger partial charge is 0.313 e. The molecule has 1 N–H and O–H groups in total. The fourth-order valence-electron chi connectivity index (χ4n) is 2.93. The molecule has 0 saturated heterocycles. The maximum absolute atomic E-state index is 3.72. The Balaban J connectivity index is 1.76. The molecule has 1 nitrogen and oxygen atoms in total. The zero-order valence-electron chi connectivity index (χ0n) is 10.5. The van der Waals surface area contributed by atoms with Gasteiger partial charge in [0.15, 0.2) is 0 Å². The minimum absolute atomic E-state index is 0.567. The molecule has 0 radical (unpaired) electrons. The zero-order chi connectivity index (χ0) is 10.7. The van der Waals surface area contributed by atoms with Gasteiger partial charge in [0.2, 0.25) is 0 Å². The molecule has 15 heavy (non-hydrogen) atoms. The topological polar surface area (TPSA) is 12.0 Å². The molecule has 88 valence electrons. The van der Waals surface area contributed by atoms with Crippen LogP contribution in [-0.4, -0.2) is 12.6 Å². The van der Waals surface area contributed by atoms with Crippen LogP contribution in [0.2, 0.25) is 0 Å². The lowest BCUT2D eigenvalue weighted by Gasteiger charge is -2.31. The molecule has 0 aromatic heterocycles. The summed E-state index contributed by atoms with van der Waals surface area (Å²) in [6.45, 7) is 6.11. The van der Waals surface area contributed by atoms with Crippen molar-refractivity contribution in [2.45, 2.75) is 71.3 Å². The second-order valence-electron chi connectivity index (χ2n) is 6.17. The van der Waals surface area contributed by atoms with Gasteiger partial charge < -0.3 is 5.32 Å². The van der Waals surface area contributed by atoms with Crippen LogP contribution in [0.4, 0.5) is 0 Å². The van der Waals surface area contributed by atoms with Gasteiger partial charge >= 0.3 is 0 Å². The van der Waals surface area contributed by atoms with E-state index in [1.165, 1.54) is 57.9 Å². The summed E-state index contributed by atoms with van der Waals surface area (Å²) in [7, 11) is 0. The minimum atomic E-state index is 0.567. The Morgan fingerprint density at radius 1 is 1.13 bits per heavy atom. The van der Waals surface area contributed by atoms with Gasteiger partial charge in [-0.2, -0.15) is 0 Å². The smallest absolute Gasteiger partial charge is 0.00684 e. The van der Waals surface area contributed by atoms with E-state index in [-0.39, 0.29) is 0 Å².